The Bertz CT molecular complexity index is 687. The lowest BCUT2D eigenvalue weighted by Crippen LogP contribution is -2.26. The van der Waals surface area contributed by atoms with E-state index in [-0.39, 0.29) is 0 Å². The lowest BCUT2D eigenvalue weighted by atomic mass is 10.0. The quantitative estimate of drug-likeness (QED) is 0.802. The number of ether oxygens (including phenoxy) is 1. The lowest BCUT2D eigenvalue weighted by molar-refractivity contribution is 0.0151. The van der Waals surface area contributed by atoms with Crippen molar-refractivity contribution in [3.63, 3.8) is 0 Å². The molecular weight excluding hydrogens is 296 g/mol. The van der Waals surface area contributed by atoms with E-state index in [9.17, 15) is 15.0 Å². The fourth-order valence-electron chi connectivity index (χ4n) is 2.37. The topological polar surface area (TPSA) is 97.7 Å². The largest absolute Gasteiger partial charge is 0.443 e. The maximum atomic E-state index is 12.2. The van der Waals surface area contributed by atoms with Crippen molar-refractivity contribution < 1.29 is 19.7 Å². The molecule has 0 saturated heterocycles. The van der Waals surface area contributed by atoms with E-state index in [4.69, 9.17) is 10.5 Å². The summed E-state index contributed by atoms with van der Waals surface area (Å²) >= 11 is 0. The summed E-state index contributed by atoms with van der Waals surface area (Å²) in [5.74, 6) is 0. The number of carbonyl (C=O) groups excluding carboxylic acids is 1. The van der Waals surface area contributed by atoms with Gasteiger partial charge in [-0.15, -0.1) is 0 Å². The molecule has 6 heteroatoms. The smallest absolute Gasteiger partial charge is 0.418 e. The SMILES string of the molecule is CC(C)(C)OC(=O)n1ccc2cc(C(O)C(O)CCN)ccc21. The Morgan fingerprint density at radius 1 is 1.30 bits per heavy atom. The predicted molar refractivity (Wildman–Crippen MR) is 88.2 cm³/mol. The van der Waals surface area contributed by atoms with Crippen molar-refractivity contribution in [1.29, 1.82) is 0 Å². The van der Waals surface area contributed by atoms with Crippen molar-refractivity contribution in [3.8, 4) is 0 Å². The fraction of sp³-hybridized carbons (Fsp3) is 0.471. The van der Waals surface area contributed by atoms with Crippen LogP contribution in [0.25, 0.3) is 10.9 Å². The van der Waals surface area contributed by atoms with Crippen LogP contribution in [0.15, 0.2) is 30.5 Å². The first kappa shape index (κ1) is 17.5. The number of carbonyl (C=O) groups is 1. The Morgan fingerprint density at radius 3 is 2.61 bits per heavy atom. The maximum Gasteiger partial charge on any atom is 0.418 e. The molecule has 4 N–H and O–H groups in total. The second-order valence-electron chi connectivity index (χ2n) is 6.57. The molecule has 0 spiro atoms. The standard InChI is InChI=1S/C17H24N2O4/c1-17(2,3)23-16(22)19-9-7-11-10-12(4-5-13(11)19)15(21)14(20)6-8-18/h4-5,7,9-10,14-15,20-21H,6,8,18H2,1-3H3. The van der Waals surface area contributed by atoms with E-state index in [1.807, 2.05) is 20.8 Å². The van der Waals surface area contributed by atoms with Crippen LogP contribution in [0.4, 0.5) is 4.79 Å². The first-order chi connectivity index (χ1) is 10.7. The third kappa shape index (κ3) is 4.10. The van der Waals surface area contributed by atoms with Crippen molar-refractivity contribution in [2.45, 2.75) is 45.0 Å². The summed E-state index contributed by atoms with van der Waals surface area (Å²) in [6.07, 6.45) is -0.425. The summed E-state index contributed by atoms with van der Waals surface area (Å²) < 4.78 is 6.78. The molecule has 1 aromatic carbocycles. The van der Waals surface area contributed by atoms with Gasteiger partial charge in [0.05, 0.1) is 11.6 Å². The summed E-state index contributed by atoms with van der Waals surface area (Å²) in [6.45, 7) is 5.73. The van der Waals surface area contributed by atoms with Gasteiger partial charge in [-0.2, -0.15) is 0 Å². The van der Waals surface area contributed by atoms with Crippen molar-refractivity contribution in [2.24, 2.45) is 5.73 Å². The van der Waals surface area contributed by atoms with E-state index in [1.54, 1.807) is 30.5 Å². The summed E-state index contributed by atoms with van der Waals surface area (Å²) in [7, 11) is 0. The number of aliphatic hydroxyl groups is 2. The van der Waals surface area contributed by atoms with Gasteiger partial charge in [0.25, 0.3) is 0 Å². The second-order valence-corrected chi connectivity index (χ2v) is 6.57. The molecule has 0 radical (unpaired) electrons. The summed E-state index contributed by atoms with van der Waals surface area (Å²) in [5, 5.41) is 20.8. The van der Waals surface area contributed by atoms with Crippen LogP contribution in [0.1, 0.15) is 38.9 Å². The van der Waals surface area contributed by atoms with E-state index >= 15 is 0 Å². The van der Waals surface area contributed by atoms with Crippen molar-refractivity contribution in [3.05, 3.63) is 36.0 Å². The van der Waals surface area contributed by atoms with Crippen LogP contribution in [0.3, 0.4) is 0 Å². The first-order valence-corrected chi connectivity index (χ1v) is 7.63. The number of nitrogens with two attached hydrogens (primary N) is 1. The number of aromatic nitrogens is 1. The fourth-order valence-corrected chi connectivity index (χ4v) is 2.37. The van der Waals surface area contributed by atoms with Crippen LogP contribution in [-0.4, -0.2) is 39.1 Å². The monoisotopic (exact) mass is 320 g/mol. The minimum atomic E-state index is -1.01. The maximum absolute atomic E-state index is 12.2. The molecule has 1 aromatic heterocycles. The highest BCUT2D eigenvalue weighted by Crippen LogP contribution is 2.25. The Hall–Kier alpha value is -1.89. The molecule has 0 bridgehead atoms. The molecule has 0 fully saturated rings. The zero-order valence-corrected chi connectivity index (χ0v) is 13.7. The molecule has 126 valence electrons. The van der Waals surface area contributed by atoms with Gasteiger partial charge in [-0.1, -0.05) is 6.07 Å². The number of hydrogen-bond donors (Lipinski definition) is 3. The molecule has 2 rings (SSSR count). The van der Waals surface area contributed by atoms with Crippen molar-refractivity contribution in [1.82, 2.24) is 4.57 Å². The van der Waals surface area contributed by atoms with Gasteiger partial charge in [-0.3, -0.25) is 4.57 Å². The zero-order chi connectivity index (χ0) is 17.2. The lowest BCUT2D eigenvalue weighted by Gasteiger charge is -2.20. The molecule has 6 nitrogen and oxygen atoms in total. The highest BCUT2D eigenvalue weighted by Gasteiger charge is 2.21. The van der Waals surface area contributed by atoms with Crippen LogP contribution in [0.2, 0.25) is 0 Å². The van der Waals surface area contributed by atoms with E-state index in [1.165, 1.54) is 4.57 Å². The molecule has 0 aliphatic heterocycles. The molecule has 0 aliphatic rings. The minimum Gasteiger partial charge on any atom is -0.443 e. The molecule has 1 heterocycles. The van der Waals surface area contributed by atoms with Crippen LogP contribution in [0, 0.1) is 0 Å². The molecule has 2 atom stereocenters. The van der Waals surface area contributed by atoms with Crippen LogP contribution in [0.5, 0.6) is 0 Å². The summed E-state index contributed by atoms with van der Waals surface area (Å²) in [4.78, 5) is 12.2. The van der Waals surface area contributed by atoms with Gasteiger partial charge in [0.1, 0.15) is 11.7 Å². The first-order valence-electron chi connectivity index (χ1n) is 7.63. The van der Waals surface area contributed by atoms with Crippen molar-refractivity contribution >= 4 is 17.0 Å². The highest BCUT2D eigenvalue weighted by molar-refractivity contribution is 5.90. The van der Waals surface area contributed by atoms with Gasteiger partial charge in [-0.25, -0.2) is 4.79 Å². The Kier molecular flexibility index (Phi) is 5.09. The Balaban J connectivity index is 2.28. The Morgan fingerprint density at radius 2 is 2.00 bits per heavy atom. The minimum absolute atomic E-state index is 0.301. The van der Waals surface area contributed by atoms with E-state index in [0.29, 0.717) is 24.0 Å². The van der Waals surface area contributed by atoms with E-state index < -0.39 is 23.9 Å². The van der Waals surface area contributed by atoms with Gasteiger partial charge in [0, 0.05) is 11.6 Å². The highest BCUT2D eigenvalue weighted by atomic mass is 16.6. The van der Waals surface area contributed by atoms with Gasteiger partial charge in [-0.05, 0) is 57.5 Å². The second kappa shape index (κ2) is 6.70. The van der Waals surface area contributed by atoms with E-state index in [0.717, 1.165) is 5.39 Å². The molecular formula is C17H24N2O4. The third-order valence-corrected chi connectivity index (χ3v) is 3.47. The molecule has 2 aromatic rings. The molecule has 0 saturated carbocycles. The van der Waals surface area contributed by atoms with Gasteiger partial charge < -0.3 is 20.7 Å². The Labute approximate surface area is 135 Å². The predicted octanol–water partition coefficient (Wildman–Crippen LogP) is 2.17. The van der Waals surface area contributed by atoms with Crippen LogP contribution in [-0.2, 0) is 4.74 Å². The number of rotatable bonds is 4. The normalized spacial score (nSPS) is 14.7. The molecule has 23 heavy (non-hydrogen) atoms. The van der Waals surface area contributed by atoms with Crippen LogP contribution < -0.4 is 5.73 Å². The van der Waals surface area contributed by atoms with Gasteiger partial charge >= 0.3 is 6.09 Å². The number of benzene rings is 1. The van der Waals surface area contributed by atoms with Gasteiger partial charge in [0.15, 0.2) is 0 Å². The van der Waals surface area contributed by atoms with Crippen LogP contribution >= 0.6 is 0 Å². The molecule has 0 aliphatic carbocycles. The summed E-state index contributed by atoms with van der Waals surface area (Å²) in [6, 6.07) is 6.94. The number of fused-ring (bicyclic) bond motifs is 1. The average molecular weight is 320 g/mol. The van der Waals surface area contributed by atoms with E-state index in [2.05, 4.69) is 0 Å². The third-order valence-electron chi connectivity index (χ3n) is 3.47. The zero-order valence-electron chi connectivity index (χ0n) is 13.7. The number of hydrogen-bond acceptors (Lipinski definition) is 5. The summed E-state index contributed by atoms with van der Waals surface area (Å²) in [5.41, 5.74) is 6.09. The number of aliphatic hydroxyl groups excluding tert-OH is 2. The number of nitrogens with zero attached hydrogens (tertiary/aromatic N) is 1. The van der Waals surface area contributed by atoms with Gasteiger partial charge in [0.2, 0.25) is 0 Å². The molecule has 2 unspecified atom stereocenters. The molecule has 0 amide bonds. The van der Waals surface area contributed by atoms with Crippen molar-refractivity contribution in [2.75, 3.05) is 6.54 Å². The average Bonchev–Trinajstić information content (AvgIpc) is 2.87.